The molecule has 1 unspecified atom stereocenters. The number of anilines is 1. The first kappa shape index (κ1) is 23.5. The fourth-order valence-corrected chi connectivity index (χ4v) is 4.62. The number of ketones is 1. The van der Waals surface area contributed by atoms with Crippen LogP contribution >= 0.6 is 0 Å². The molecule has 0 amide bonds. The number of benzene rings is 2. The van der Waals surface area contributed by atoms with Gasteiger partial charge < -0.3 is 19.9 Å². The number of Topliss-reactive ketones (excluding diaryl/α,β-unsaturated/α-hetero) is 1. The van der Waals surface area contributed by atoms with Gasteiger partial charge in [-0.2, -0.15) is 0 Å². The third-order valence-corrected chi connectivity index (χ3v) is 6.35. The number of carbonyl (C=O) groups excluding carboxylic acids is 2. The lowest BCUT2D eigenvalue weighted by Gasteiger charge is -2.37. The third-order valence-electron chi connectivity index (χ3n) is 6.35. The molecule has 1 atom stereocenters. The third kappa shape index (κ3) is 5.63. The largest absolute Gasteiger partial charge is 0.456 e. The van der Waals surface area contributed by atoms with Crippen molar-refractivity contribution < 1.29 is 14.3 Å². The number of hydrogen-bond donors (Lipinski definition) is 1. The van der Waals surface area contributed by atoms with Crippen LogP contribution in [-0.2, 0) is 22.4 Å². The van der Waals surface area contributed by atoms with Gasteiger partial charge in [0, 0.05) is 44.8 Å². The van der Waals surface area contributed by atoms with Crippen molar-refractivity contribution >= 4 is 17.4 Å². The van der Waals surface area contributed by atoms with Gasteiger partial charge in [0.25, 0.3) is 0 Å². The van der Waals surface area contributed by atoms with E-state index in [-0.39, 0.29) is 17.8 Å². The number of carbonyl (C=O) groups is 2. The SMILES string of the molecule is CN1CCN(c2cccc3c2CCNC3C(=O)Cc2ccc(C(=O)OC(C)(C)C)cc2)CC1. The van der Waals surface area contributed by atoms with E-state index in [9.17, 15) is 9.59 Å². The maximum absolute atomic E-state index is 13.3. The molecule has 0 aliphatic carbocycles. The summed E-state index contributed by atoms with van der Waals surface area (Å²) < 4.78 is 5.42. The molecule has 2 aromatic rings. The molecule has 0 radical (unpaired) electrons. The molecule has 2 aromatic carbocycles. The lowest BCUT2D eigenvalue weighted by atomic mass is 9.88. The maximum Gasteiger partial charge on any atom is 0.338 e. The Labute approximate surface area is 196 Å². The highest BCUT2D eigenvalue weighted by Crippen LogP contribution is 2.32. The van der Waals surface area contributed by atoms with E-state index < -0.39 is 5.60 Å². The van der Waals surface area contributed by atoms with Crippen molar-refractivity contribution in [2.75, 3.05) is 44.7 Å². The van der Waals surface area contributed by atoms with E-state index >= 15 is 0 Å². The zero-order valence-electron chi connectivity index (χ0n) is 20.2. The zero-order chi connectivity index (χ0) is 23.6. The minimum Gasteiger partial charge on any atom is -0.456 e. The first-order valence-electron chi connectivity index (χ1n) is 11.8. The molecule has 1 fully saturated rings. The van der Waals surface area contributed by atoms with Crippen molar-refractivity contribution in [3.05, 3.63) is 64.7 Å². The topological polar surface area (TPSA) is 61.9 Å². The average molecular weight is 450 g/mol. The van der Waals surface area contributed by atoms with Crippen LogP contribution in [0.3, 0.4) is 0 Å². The predicted octanol–water partition coefficient (Wildman–Crippen LogP) is 3.39. The summed E-state index contributed by atoms with van der Waals surface area (Å²) >= 11 is 0. The van der Waals surface area contributed by atoms with Crippen LogP contribution in [-0.4, -0.2) is 62.0 Å². The van der Waals surface area contributed by atoms with Gasteiger partial charge in [-0.15, -0.1) is 0 Å². The summed E-state index contributed by atoms with van der Waals surface area (Å²) in [7, 11) is 2.16. The maximum atomic E-state index is 13.3. The Morgan fingerprint density at radius 3 is 2.39 bits per heavy atom. The lowest BCUT2D eigenvalue weighted by Crippen LogP contribution is -2.45. The molecule has 6 nitrogen and oxygen atoms in total. The van der Waals surface area contributed by atoms with E-state index in [0.717, 1.165) is 50.3 Å². The number of nitrogens with zero attached hydrogens (tertiary/aromatic N) is 2. The number of rotatable bonds is 5. The molecular weight excluding hydrogens is 414 g/mol. The molecule has 6 heteroatoms. The molecule has 2 aliphatic rings. The second-order valence-corrected chi connectivity index (χ2v) is 10.1. The number of ether oxygens (including phenoxy) is 1. The smallest absolute Gasteiger partial charge is 0.338 e. The van der Waals surface area contributed by atoms with Gasteiger partial charge in [0.15, 0.2) is 5.78 Å². The Kier molecular flexibility index (Phi) is 6.86. The number of piperazine rings is 1. The summed E-state index contributed by atoms with van der Waals surface area (Å²) in [6.07, 6.45) is 1.26. The lowest BCUT2D eigenvalue weighted by molar-refractivity contribution is -0.120. The molecule has 4 rings (SSSR count). The molecule has 0 bridgehead atoms. The van der Waals surface area contributed by atoms with E-state index in [0.29, 0.717) is 12.0 Å². The Balaban J connectivity index is 1.47. The van der Waals surface area contributed by atoms with Gasteiger partial charge >= 0.3 is 5.97 Å². The number of hydrogen-bond acceptors (Lipinski definition) is 6. The van der Waals surface area contributed by atoms with Crippen LogP contribution in [0.1, 0.15) is 53.9 Å². The Hall–Kier alpha value is -2.70. The fraction of sp³-hybridized carbons (Fsp3) is 0.481. The molecule has 2 heterocycles. The van der Waals surface area contributed by atoms with Crippen molar-refractivity contribution in [1.29, 1.82) is 0 Å². The summed E-state index contributed by atoms with van der Waals surface area (Å²) in [6, 6.07) is 13.3. The molecule has 33 heavy (non-hydrogen) atoms. The predicted molar refractivity (Wildman–Crippen MR) is 131 cm³/mol. The summed E-state index contributed by atoms with van der Waals surface area (Å²) in [6.45, 7) is 10.5. The van der Waals surface area contributed by atoms with Gasteiger partial charge in [-0.1, -0.05) is 24.3 Å². The summed E-state index contributed by atoms with van der Waals surface area (Å²) in [5.74, 6) is -0.198. The molecule has 2 aliphatic heterocycles. The Bertz CT molecular complexity index is 1000. The van der Waals surface area contributed by atoms with E-state index in [1.54, 1.807) is 12.1 Å². The number of esters is 1. The average Bonchev–Trinajstić information content (AvgIpc) is 2.78. The van der Waals surface area contributed by atoms with Gasteiger partial charge in [0.05, 0.1) is 11.6 Å². The highest BCUT2D eigenvalue weighted by Gasteiger charge is 2.29. The van der Waals surface area contributed by atoms with Crippen molar-refractivity contribution in [2.45, 2.75) is 45.3 Å². The Morgan fingerprint density at radius 1 is 1.03 bits per heavy atom. The number of nitrogens with one attached hydrogen (secondary N) is 1. The van der Waals surface area contributed by atoms with Crippen LogP contribution in [0, 0.1) is 0 Å². The zero-order valence-corrected chi connectivity index (χ0v) is 20.2. The Morgan fingerprint density at radius 2 is 1.73 bits per heavy atom. The first-order chi connectivity index (χ1) is 15.7. The van der Waals surface area contributed by atoms with Gasteiger partial charge in [0.1, 0.15) is 5.60 Å². The van der Waals surface area contributed by atoms with Gasteiger partial charge in [-0.25, -0.2) is 4.79 Å². The van der Waals surface area contributed by atoms with Gasteiger partial charge in [0.2, 0.25) is 0 Å². The van der Waals surface area contributed by atoms with Crippen LogP contribution in [0.2, 0.25) is 0 Å². The van der Waals surface area contributed by atoms with Crippen LogP contribution in [0.5, 0.6) is 0 Å². The van der Waals surface area contributed by atoms with Crippen LogP contribution in [0.25, 0.3) is 0 Å². The molecule has 0 spiro atoms. The van der Waals surface area contributed by atoms with Crippen molar-refractivity contribution in [3.63, 3.8) is 0 Å². The second kappa shape index (κ2) is 9.65. The van der Waals surface area contributed by atoms with E-state index in [2.05, 4.69) is 40.4 Å². The fourth-order valence-electron chi connectivity index (χ4n) is 4.62. The summed E-state index contributed by atoms with van der Waals surface area (Å²) in [5, 5.41) is 3.44. The molecule has 0 saturated carbocycles. The molecule has 176 valence electrons. The molecular formula is C27H35N3O3. The van der Waals surface area contributed by atoms with E-state index in [4.69, 9.17) is 4.74 Å². The molecule has 0 aromatic heterocycles. The quantitative estimate of drug-likeness (QED) is 0.706. The van der Waals surface area contributed by atoms with Crippen LogP contribution in [0.15, 0.2) is 42.5 Å². The highest BCUT2D eigenvalue weighted by molar-refractivity contribution is 5.91. The number of likely N-dealkylation sites (N-methyl/N-ethyl adjacent to an activating group) is 1. The van der Waals surface area contributed by atoms with Crippen molar-refractivity contribution in [2.24, 2.45) is 0 Å². The van der Waals surface area contributed by atoms with Gasteiger partial charge in [-0.3, -0.25) is 4.79 Å². The number of fused-ring (bicyclic) bond motifs is 1. The first-order valence-corrected chi connectivity index (χ1v) is 11.8. The van der Waals surface area contributed by atoms with Crippen molar-refractivity contribution in [3.8, 4) is 0 Å². The van der Waals surface area contributed by atoms with Gasteiger partial charge in [-0.05, 0) is 69.1 Å². The van der Waals surface area contributed by atoms with Crippen LogP contribution < -0.4 is 10.2 Å². The molecule has 1 N–H and O–H groups in total. The second-order valence-electron chi connectivity index (χ2n) is 10.1. The van der Waals surface area contributed by atoms with E-state index in [1.807, 2.05) is 32.9 Å². The summed E-state index contributed by atoms with van der Waals surface area (Å²) in [4.78, 5) is 30.4. The monoisotopic (exact) mass is 449 g/mol. The minimum atomic E-state index is -0.533. The van der Waals surface area contributed by atoms with Crippen molar-refractivity contribution in [1.82, 2.24) is 10.2 Å². The minimum absolute atomic E-state index is 0.150. The normalized spacial score (nSPS) is 19.2. The summed E-state index contributed by atoms with van der Waals surface area (Å²) in [5.41, 5.74) is 4.55. The van der Waals surface area contributed by atoms with Crippen LogP contribution in [0.4, 0.5) is 5.69 Å². The highest BCUT2D eigenvalue weighted by atomic mass is 16.6. The van der Waals surface area contributed by atoms with E-state index in [1.165, 1.54) is 11.3 Å². The molecule has 1 saturated heterocycles. The standard InChI is InChI=1S/C27H35N3O3/c1-27(2,3)33-26(32)20-10-8-19(9-11-20)18-24(31)25-22-6-5-7-23(21(22)12-13-28-25)30-16-14-29(4)15-17-30/h5-11,25,28H,12-18H2,1-4H3.